The van der Waals surface area contributed by atoms with Gasteiger partial charge in [0, 0.05) is 12.5 Å². The fourth-order valence-corrected chi connectivity index (χ4v) is 4.65. The standard InChI is InChI=1S/C21H30O5Si/c1-21(2,3)27(4,5)24-13-16-17(11-15-12-18(22)26-19(15)16)25-20(23)14-9-7-6-8-10-14/h6-10,15-17,19H,11-13H2,1-5H3. The van der Waals surface area contributed by atoms with Crippen LogP contribution in [-0.4, -0.2) is 39.1 Å². The molecule has 5 nitrogen and oxygen atoms in total. The van der Waals surface area contributed by atoms with Crippen LogP contribution in [0.4, 0.5) is 0 Å². The van der Waals surface area contributed by atoms with E-state index in [-0.39, 0.29) is 41.0 Å². The van der Waals surface area contributed by atoms with E-state index in [0.29, 0.717) is 25.0 Å². The van der Waals surface area contributed by atoms with Crippen molar-refractivity contribution < 1.29 is 23.5 Å². The van der Waals surface area contributed by atoms with Gasteiger partial charge in [0.1, 0.15) is 12.2 Å². The molecule has 27 heavy (non-hydrogen) atoms. The Labute approximate surface area is 162 Å². The molecule has 1 aromatic carbocycles. The van der Waals surface area contributed by atoms with Crippen LogP contribution in [0.5, 0.6) is 0 Å². The van der Waals surface area contributed by atoms with E-state index in [1.165, 1.54) is 0 Å². The second kappa shape index (κ2) is 7.39. The second-order valence-corrected chi connectivity index (χ2v) is 14.0. The van der Waals surface area contributed by atoms with Crippen LogP contribution in [0.2, 0.25) is 18.1 Å². The fourth-order valence-electron chi connectivity index (χ4n) is 3.60. The second-order valence-electron chi connectivity index (χ2n) is 9.20. The molecule has 6 heteroatoms. The molecule has 1 aromatic rings. The largest absolute Gasteiger partial charge is 0.461 e. The van der Waals surface area contributed by atoms with Gasteiger partial charge in [-0.15, -0.1) is 0 Å². The highest BCUT2D eigenvalue weighted by atomic mass is 28.4. The number of carbonyl (C=O) groups excluding carboxylic acids is 2. The topological polar surface area (TPSA) is 61.8 Å². The summed E-state index contributed by atoms with van der Waals surface area (Å²) in [5.74, 6) is -0.485. The van der Waals surface area contributed by atoms with Gasteiger partial charge in [-0.2, -0.15) is 0 Å². The molecule has 4 atom stereocenters. The Balaban J connectivity index is 1.72. The fraction of sp³-hybridized carbons (Fsp3) is 0.619. The lowest BCUT2D eigenvalue weighted by molar-refractivity contribution is -0.144. The number of fused-ring (bicyclic) bond motifs is 1. The van der Waals surface area contributed by atoms with Crippen LogP contribution in [0.1, 0.15) is 44.0 Å². The monoisotopic (exact) mass is 390 g/mol. The average Bonchev–Trinajstić information content (AvgIpc) is 3.08. The number of hydrogen-bond acceptors (Lipinski definition) is 5. The molecule has 148 valence electrons. The van der Waals surface area contributed by atoms with Crippen molar-refractivity contribution in [3.63, 3.8) is 0 Å². The van der Waals surface area contributed by atoms with Crippen LogP contribution >= 0.6 is 0 Å². The lowest BCUT2D eigenvalue weighted by atomic mass is 10.0. The van der Waals surface area contributed by atoms with E-state index >= 15 is 0 Å². The molecule has 3 rings (SSSR count). The van der Waals surface area contributed by atoms with Crippen LogP contribution in [0.3, 0.4) is 0 Å². The summed E-state index contributed by atoms with van der Waals surface area (Å²) in [5.41, 5.74) is 0.538. The summed E-state index contributed by atoms with van der Waals surface area (Å²) in [6.45, 7) is 11.4. The first-order valence-corrected chi connectivity index (χ1v) is 12.6. The van der Waals surface area contributed by atoms with Gasteiger partial charge >= 0.3 is 11.9 Å². The Hall–Kier alpha value is -1.66. The molecule has 0 radical (unpaired) electrons. The first-order chi connectivity index (χ1) is 12.6. The smallest absolute Gasteiger partial charge is 0.338 e. The van der Waals surface area contributed by atoms with Crippen molar-refractivity contribution >= 4 is 20.3 Å². The minimum atomic E-state index is -1.95. The van der Waals surface area contributed by atoms with Gasteiger partial charge in [-0.25, -0.2) is 4.79 Å². The van der Waals surface area contributed by atoms with E-state index in [0.717, 1.165) is 0 Å². The van der Waals surface area contributed by atoms with Crippen molar-refractivity contribution in [2.75, 3.05) is 6.61 Å². The SMILES string of the molecule is CC(C)(C)[Si](C)(C)OCC1C(OC(=O)c2ccccc2)CC2CC(=O)OC21. The maximum atomic E-state index is 12.5. The van der Waals surface area contributed by atoms with E-state index in [1.54, 1.807) is 12.1 Å². The van der Waals surface area contributed by atoms with Crippen molar-refractivity contribution in [1.82, 2.24) is 0 Å². The van der Waals surface area contributed by atoms with Gasteiger partial charge in [-0.3, -0.25) is 4.79 Å². The van der Waals surface area contributed by atoms with Crippen molar-refractivity contribution in [3.8, 4) is 0 Å². The molecule has 1 saturated heterocycles. The van der Waals surface area contributed by atoms with Crippen molar-refractivity contribution in [3.05, 3.63) is 35.9 Å². The number of rotatable bonds is 5. The Kier molecular flexibility index (Phi) is 5.50. The lowest BCUT2D eigenvalue weighted by Gasteiger charge is -2.38. The third-order valence-electron chi connectivity index (χ3n) is 6.31. The molecule has 0 amide bonds. The third kappa shape index (κ3) is 4.27. The van der Waals surface area contributed by atoms with Crippen LogP contribution in [0.15, 0.2) is 30.3 Å². The molecule has 2 aliphatic rings. The normalized spacial score (nSPS) is 28.0. The van der Waals surface area contributed by atoms with Crippen LogP contribution < -0.4 is 0 Å². The molecule has 2 fully saturated rings. The predicted molar refractivity (Wildman–Crippen MR) is 105 cm³/mol. The summed E-state index contributed by atoms with van der Waals surface area (Å²) >= 11 is 0. The van der Waals surface area contributed by atoms with E-state index in [2.05, 4.69) is 33.9 Å². The highest BCUT2D eigenvalue weighted by Crippen LogP contribution is 2.44. The quantitative estimate of drug-likeness (QED) is 0.557. The highest BCUT2D eigenvalue weighted by molar-refractivity contribution is 6.74. The summed E-state index contributed by atoms with van der Waals surface area (Å²) in [6, 6.07) is 9.00. The Morgan fingerprint density at radius 1 is 1.22 bits per heavy atom. The summed E-state index contributed by atoms with van der Waals surface area (Å²) in [5, 5.41) is 0.0908. The van der Waals surface area contributed by atoms with Gasteiger partial charge in [0.15, 0.2) is 8.32 Å². The van der Waals surface area contributed by atoms with Crippen LogP contribution in [0, 0.1) is 11.8 Å². The molecule has 0 bridgehead atoms. The Morgan fingerprint density at radius 3 is 2.52 bits per heavy atom. The zero-order valence-electron chi connectivity index (χ0n) is 16.9. The third-order valence-corrected chi connectivity index (χ3v) is 10.8. The lowest BCUT2D eigenvalue weighted by Crippen LogP contribution is -2.44. The van der Waals surface area contributed by atoms with Gasteiger partial charge in [0.05, 0.1) is 17.9 Å². The zero-order chi connectivity index (χ0) is 19.8. The first kappa shape index (κ1) is 20.1. The molecular formula is C21H30O5Si. The molecule has 1 heterocycles. The summed E-state index contributed by atoms with van der Waals surface area (Å²) in [7, 11) is -1.95. The summed E-state index contributed by atoms with van der Waals surface area (Å²) in [4.78, 5) is 24.3. The van der Waals surface area contributed by atoms with E-state index in [9.17, 15) is 9.59 Å². The number of carbonyl (C=O) groups is 2. The molecule has 1 saturated carbocycles. The predicted octanol–water partition coefficient (Wildman–Crippen LogP) is 4.19. The minimum absolute atomic E-state index is 0.0908. The Morgan fingerprint density at radius 2 is 1.89 bits per heavy atom. The molecule has 4 unspecified atom stereocenters. The first-order valence-electron chi connectivity index (χ1n) is 9.68. The van der Waals surface area contributed by atoms with Gasteiger partial charge in [-0.1, -0.05) is 39.0 Å². The summed E-state index contributed by atoms with van der Waals surface area (Å²) < 4.78 is 17.8. The molecule has 1 aliphatic heterocycles. The summed E-state index contributed by atoms with van der Waals surface area (Å²) in [6.07, 6.45) is 0.558. The minimum Gasteiger partial charge on any atom is -0.461 e. The molecule has 0 spiro atoms. The van der Waals surface area contributed by atoms with E-state index in [4.69, 9.17) is 13.9 Å². The van der Waals surface area contributed by atoms with Gasteiger partial charge in [-0.05, 0) is 36.7 Å². The van der Waals surface area contributed by atoms with Crippen molar-refractivity contribution in [1.29, 1.82) is 0 Å². The highest BCUT2D eigenvalue weighted by Gasteiger charge is 2.52. The van der Waals surface area contributed by atoms with Crippen LogP contribution in [-0.2, 0) is 18.7 Å². The average molecular weight is 391 g/mol. The van der Waals surface area contributed by atoms with E-state index < -0.39 is 8.32 Å². The number of ether oxygens (including phenoxy) is 2. The van der Waals surface area contributed by atoms with Crippen molar-refractivity contribution in [2.24, 2.45) is 11.8 Å². The number of benzene rings is 1. The number of esters is 2. The molecular weight excluding hydrogens is 360 g/mol. The maximum absolute atomic E-state index is 12.5. The van der Waals surface area contributed by atoms with Gasteiger partial charge < -0.3 is 13.9 Å². The zero-order valence-corrected chi connectivity index (χ0v) is 17.9. The molecule has 1 aliphatic carbocycles. The molecule has 0 N–H and O–H groups in total. The maximum Gasteiger partial charge on any atom is 0.338 e. The Bertz CT molecular complexity index is 694. The number of hydrogen-bond donors (Lipinski definition) is 0. The van der Waals surface area contributed by atoms with Crippen LogP contribution in [0.25, 0.3) is 0 Å². The van der Waals surface area contributed by atoms with Gasteiger partial charge in [0.2, 0.25) is 0 Å². The van der Waals surface area contributed by atoms with Gasteiger partial charge in [0.25, 0.3) is 0 Å². The molecule has 0 aromatic heterocycles. The van der Waals surface area contributed by atoms with Crippen molar-refractivity contribution in [2.45, 2.75) is 64.0 Å². The van der Waals surface area contributed by atoms with E-state index in [1.807, 2.05) is 18.2 Å².